The van der Waals surface area contributed by atoms with Crippen LogP contribution in [0.3, 0.4) is 0 Å². The molecule has 0 fully saturated rings. The van der Waals surface area contributed by atoms with Gasteiger partial charge in [-0.15, -0.1) is 11.3 Å². The fourth-order valence-electron chi connectivity index (χ4n) is 1.34. The third-order valence-corrected chi connectivity index (χ3v) is 3.19. The number of likely N-dealkylation sites (N-methyl/N-ethyl adjacent to an activating group) is 1. The van der Waals surface area contributed by atoms with E-state index in [0.29, 0.717) is 17.8 Å². The van der Waals surface area contributed by atoms with Gasteiger partial charge in [-0.3, -0.25) is 0 Å². The van der Waals surface area contributed by atoms with Gasteiger partial charge in [0, 0.05) is 19.0 Å². The van der Waals surface area contributed by atoms with Crippen LogP contribution in [-0.2, 0) is 4.74 Å². The van der Waals surface area contributed by atoms with Crippen molar-refractivity contribution in [3.63, 3.8) is 0 Å². The number of rotatable bonds is 5. The van der Waals surface area contributed by atoms with Crippen LogP contribution in [0.1, 0.15) is 13.8 Å². The Morgan fingerprint density at radius 2 is 2.43 bits per heavy atom. The van der Waals surface area contributed by atoms with Crippen molar-refractivity contribution in [2.24, 2.45) is 0 Å². The predicted molar refractivity (Wildman–Crippen MR) is 61.5 cm³/mol. The zero-order chi connectivity index (χ0) is 10.6. The molecule has 0 saturated carbocycles. The molecule has 0 aliphatic rings. The molecule has 1 aromatic rings. The Kier molecular flexibility index (Phi) is 4.65. The van der Waals surface area contributed by atoms with Crippen molar-refractivity contribution < 1.29 is 4.74 Å². The summed E-state index contributed by atoms with van der Waals surface area (Å²) in [5.74, 6) is 0. The first-order valence-electron chi connectivity index (χ1n) is 4.55. The molecule has 0 spiro atoms. The lowest BCUT2D eigenvalue weighted by atomic mass is 10.3. The number of methoxy groups -OCH3 is 1. The highest BCUT2D eigenvalue weighted by molar-refractivity contribution is 7.14. The maximum absolute atomic E-state index is 5.78. The summed E-state index contributed by atoms with van der Waals surface area (Å²) >= 11 is 7.35. The average Bonchev–Trinajstić information content (AvgIpc) is 2.54. The number of anilines is 1. The Morgan fingerprint density at radius 1 is 1.71 bits per heavy atom. The van der Waals surface area contributed by atoms with Gasteiger partial charge in [0.1, 0.15) is 5.15 Å². The number of thiazole rings is 1. The number of hydrogen-bond acceptors (Lipinski definition) is 4. The molecule has 14 heavy (non-hydrogen) atoms. The number of aromatic nitrogens is 1. The average molecular weight is 235 g/mol. The minimum Gasteiger partial charge on any atom is -0.383 e. The van der Waals surface area contributed by atoms with E-state index < -0.39 is 0 Å². The van der Waals surface area contributed by atoms with Gasteiger partial charge >= 0.3 is 0 Å². The van der Waals surface area contributed by atoms with Gasteiger partial charge in [0.15, 0.2) is 5.13 Å². The van der Waals surface area contributed by atoms with E-state index in [0.717, 1.165) is 11.7 Å². The van der Waals surface area contributed by atoms with Crippen LogP contribution in [0, 0.1) is 0 Å². The standard InChI is InChI=1S/C9H15ClN2OS/c1-4-12(7(2)5-13-3)9-11-8(10)6-14-9/h6-7H,4-5H2,1-3H3. The first-order chi connectivity index (χ1) is 6.69. The van der Waals surface area contributed by atoms with Gasteiger partial charge in [-0.25, -0.2) is 4.98 Å². The van der Waals surface area contributed by atoms with Crippen molar-refractivity contribution in [3.05, 3.63) is 10.5 Å². The number of ether oxygens (including phenoxy) is 1. The molecular formula is C9H15ClN2OS. The number of halogens is 1. The van der Waals surface area contributed by atoms with Crippen LogP contribution in [0.2, 0.25) is 5.15 Å². The van der Waals surface area contributed by atoms with Crippen molar-refractivity contribution in [2.45, 2.75) is 19.9 Å². The summed E-state index contributed by atoms with van der Waals surface area (Å²) in [6.07, 6.45) is 0. The Hall–Kier alpha value is -0.320. The van der Waals surface area contributed by atoms with Crippen LogP contribution in [0.25, 0.3) is 0 Å². The molecule has 1 heterocycles. The van der Waals surface area contributed by atoms with Gasteiger partial charge < -0.3 is 9.64 Å². The second kappa shape index (κ2) is 5.53. The van der Waals surface area contributed by atoms with Crippen molar-refractivity contribution in [1.82, 2.24) is 4.98 Å². The van der Waals surface area contributed by atoms with Crippen molar-refractivity contribution in [2.75, 3.05) is 25.2 Å². The van der Waals surface area contributed by atoms with E-state index in [9.17, 15) is 0 Å². The first-order valence-corrected chi connectivity index (χ1v) is 5.81. The lowest BCUT2D eigenvalue weighted by molar-refractivity contribution is 0.182. The molecule has 1 unspecified atom stereocenters. The van der Waals surface area contributed by atoms with Gasteiger partial charge in [0.2, 0.25) is 0 Å². The monoisotopic (exact) mass is 234 g/mol. The van der Waals surface area contributed by atoms with Crippen molar-refractivity contribution in [1.29, 1.82) is 0 Å². The Balaban J connectivity index is 2.71. The van der Waals surface area contributed by atoms with Crippen LogP contribution in [0.4, 0.5) is 5.13 Å². The van der Waals surface area contributed by atoms with E-state index in [1.165, 1.54) is 0 Å². The highest BCUT2D eigenvalue weighted by Gasteiger charge is 2.15. The molecule has 0 aliphatic heterocycles. The van der Waals surface area contributed by atoms with E-state index in [2.05, 4.69) is 23.7 Å². The molecule has 80 valence electrons. The summed E-state index contributed by atoms with van der Waals surface area (Å²) < 4.78 is 5.12. The van der Waals surface area contributed by atoms with Gasteiger partial charge in [0.05, 0.1) is 12.6 Å². The van der Waals surface area contributed by atoms with E-state index in [4.69, 9.17) is 16.3 Å². The van der Waals surface area contributed by atoms with Gasteiger partial charge in [-0.1, -0.05) is 11.6 Å². The van der Waals surface area contributed by atoms with Gasteiger partial charge in [0.25, 0.3) is 0 Å². The second-order valence-electron chi connectivity index (χ2n) is 3.04. The Labute approximate surface area is 93.7 Å². The van der Waals surface area contributed by atoms with Crippen LogP contribution in [0.15, 0.2) is 5.38 Å². The highest BCUT2D eigenvalue weighted by atomic mass is 35.5. The Morgan fingerprint density at radius 3 is 2.86 bits per heavy atom. The maximum Gasteiger partial charge on any atom is 0.187 e. The second-order valence-corrected chi connectivity index (χ2v) is 4.27. The van der Waals surface area contributed by atoms with E-state index in [1.54, 1.807) is 18.4 Å². The van der Waals surface area contributed by atoms with Crippen LogP contribution >= 0.6 is 22.9 Å². The molecule has 0 bridgehead atoms. The van der Waals surface area contributed by atoms with Crippen molar-refractivity contribution in [3.8, 4) is 0 Å². The molecule has 0 aliphatic carbocycles. The topological polar surface area (TPSA) is 25.4 Å². The minimum absolute atomic E-state index is 0.326. The zero-order valence-electron chi connectivity index (χ0n) is 8.66. The summed E-state index contributed by atoms with van der Waals surface area (Å²) in [6.45, 7) is 5.82. The minimum atomic E-state index is 0.326. The maximum atomic E-state index is 5.78. The van der Waals surface area contributed by atoms with E-state index in [-0.39, 0.29) is 0 Å². The van der Waals surface area contributed by atoms with Crippen LogP contribution in [-0.4, -0.2) is 31.3 Å². The smallest absolute Gasteiger partial charge is 0.187 e. The molecule has 0 amide bonds. The molecule has 0 saturated heterocycles. The third-order valence-electron chi connectivity index (χ3n) is 1.99. The molecule has 1 aromatic heterocycles. The molecule has 3 nitrogen and oxygen atoms in total. The van der Waals surface area contributed by atoms with E-state index in [1.807, 2.05) is 5.38 Å². The first kappa shape index (κ1) is 11.8. The van der Waals surface area contributed by atoms with E-state index >= 15 is 0 Å². The molecule has 1 atom stereocenters. The normalized spacial score (nSPS) is 12.9. The number of nitrogens with zero attached hydrogens (tertiary/aromatic N) is 2. The third kappa shape index (κ3) is 2.83. The SMILES string of the molecule is CCN(c1nc(Cl)cs1)C(C)COC. The summed E-state index contributed by atoms with van der Waals surface area (Å²) in [6, 6.07) is 0.326. The summed E-state index contributed by atoms with van der Waals surface area (Å²) in [4.78, 5) is 6.42. The van der Waals surface area contributed by atoms with Gasteiger partial charge in [-0.2, -0.15) is 0 Å². The van der Waals surface area contributed by atoms with Crippen molar-refractivity contribution >= 4 is 28.1 Å². The van der Waals surface area contributed by atoms with Gasteiger partial charge in [-0.05, 0) is 13.8 Å². The van der Waals surface area contributed by atoms with Crippen LogP contribution in [0.5, 0.6) is 0 Å². The zero-order valence-corrected chi connectivity index (χ0v) is 10.2. The molecule has 0 radical (unpaired) electrons. The molecular weight excluding hydrogens is 220 g/mol. The summed E-state index contributed by atoms with van der Waals surface area (Å²) in [5, 5.41) is 3.37. The predicted octanol–water partition coefficient (Wildman–Crippen LogP) is 2.66. The summed E-state index contributed by atoms with van der Waals surface area (Å²) in [7, 11) is 1.71. The fourth-order valence-corrected chi connectivity index (χ4v) is 2.46. The van der Waals surface area contributed by atoms with Crippen LogP contribution < -0.4 is 4.90 Å². The lowest BCUT2D eigenvalue weighted by Crippen LogP contribution is -2.35. The summed E-state index contributed by atoms with van der Waals surface area (Å²) in [5.41, 5.74) is 0. The number of hydrogen-bond donors (Lipinski definition) is 0. The fraction of sp³-hybridized carbons (Fsp3) is 0.667. The lowest BCUT2D eigenvalue weighted by Gasteiger charge is -2.26. The Bertz CT molecular complexity index is 280. The molecule has 1 rings (SSSR count). The molecule has 5 heteroatoms. The highest BCUT2D eigenvalue weighted by Crippen LogP contribution is 2.24. The largest absolute Gasteiger partial charge is 0.383 e. The quantitative estimate of drug-likeness (QED) is 0.783. The molecule has 0 N–H and O–H groups in total. The molecule has 0 aromatic carbocycles.